The van der Waals surface area contributed by atoms with Crippen molar-refractivity contribution in [2.24, 2.45) is 0 Å². The molecule has 2 aromatic heterocycles. The minimum atomic E-state index is -0.0821. The van der Waals surface area contributed by atoms with Crippen LogP contribution in [-0.2, 0) is 11.3 Å². The van der Waals surface area contributed by atoms with Crippen molar-refractivity contribution < 1.29 is 4.79 Å². The molecule has 0 bridgehead atoms. The first kappa shape index (κ1) is 21.8. The van der Waals surface area contributed by atoms with E-state index >= 15 is 0 Å². The molecule has 32 heavy (non-hydrogen) atoms. The minimum absolute atomic E-state index is 0.0821. The van der Waals surface area contributed by atoms with Gasteiger partial charge >= 0.3 is 0 Å². The molecule has 1 N–H and O–H groups in total. The number of anilines is 1. The van der Waals surface area contributed by atoms with Gasteiger partial charge in [0.2, 0.25) is 5.91 Å². The molecule has 0 fully saturated rings. The molecule has 0 radical (unpaired) electrons. The maximum absolute atomic E-state index is 12.5. The highest BCUT2D eigenvalue weighted by atomic mass is 32.2. The van der Waals surface area contributed by atoms with E-state index in [1.165, 1.54) is 17.3 Å². The number of amides is 1. The molecule has 0 saturated heterocycles. The summed E-state index contributed by atoms with van der Waals surface area (Å²) in [6.07, 6.45) is 3.76. The van der Waals surface area contributed by atoms with Gasteiger partial charge in [-0.2, -0.15) is 0 Å². The van der Waals surface area contributed by atoms with E-state index in [4.69, 9.17) is 0 Å². The van der Waals surface area contributed by atoms with Crippen molar-refractivity contribution in [3.63, 3.8) is 0 Å². The van der Waals surface area contributed by atoms with Crippen LogP contribution in [0.25, 0.3) is 5.69 Å². The second kappa shape index (κ2) is 9.40. The third-order valence-corrected chi connectivity index (χ3v) is 6.18. The number of carbonyl (C=O) groups excluding carboxylic acids is 1. The maximum Gasteiger partial charge on any atom is 0.234 e. The highest BCUT2D eigenvalue weighted by molar-refractivity contribution is 7.99. The van der Waals surface area contributed by atoms with Gasteiger partial charge in [0, 0.05) is 24.6 Å². The van der Waals surface area contributed by atoms with Gasteiger partial charge in [-0.1, -0.05) is 36.0 Å². The van der Waals surface area contributed by atoms with Crippen LogP contribution in [0.3, 0.4) is 0 Å². The number of carbonyl (C=O) groups is 1. The van der Waals surface area contributed by atoms with Crippen LogP contribution < -0.4 is 5.32 Å². The molecule has 0 aliphatic carbocycles. The number of thioether (sulfide) groups is 1. The number of imidazole rings is 1. The molecule has 8 heteroatoms. The average Bonchev–Trinajstić information content (AvgIpc) is 3.34. The Bertz CT molecular complexity index is 1240. The normalized spacial score (nSPS) is 11.0. The Hall–Kier alpha value is -3.39. The molecule has 0 aliphatic heterocycles. The summed E-state index contributed by atoms with van der Waals surface area (Å²) < 4.78 is 4.09. The molecule has 0 saturated carbocycles. The van der Waals surface area contributed by atoms with Gasteiger partial charge < -0.3 is 9.88 Å². The smallest absolute Gasteiger partial charge is 0.234 e. The summed E-state index contributed by atoms with van der Waals surface area (Å²) in [6.45, 7) is 8.78. The Kier molecular flexibility index (Phi) is 6.41. The third-order valence-electron chi connectivity index (χ3n) is 5.25. The van der Waals surface area contributed by atoms with Gasteiger partial charge in [0.25, 0.3) is 0 Å². The Morgan fingerprint density at radius 2 is 1.78 bits per heavy atom. The molecule has 4 rings (SSSR count). The number of hydrogen-bond donors (Lipinski definition) is 1. The summed E-state index contributed by atoms with van der Waals surface area (Å²) in [5.74, 6) is 1.94. The lowest BCUT2D eigenvalue weighted by Crippen LogP contribution is -2.14. The number of rotatable bonds is 7. The van der Waals surface area contributed by atoms with Crippen LogP contribution in [0.4, 0.5) is 5.69 Å². The van der Waals surface area contributed by atoms with Crippen molar-refractivity contribution in [1.82, 2.24) is 24.3 Å². The topological polar surface area (TPSA) is 77.6 Å². The maximum atomic E-state index is 12.5. The van der Waals surface area contributed by atoms with Gasteiger partial charge in [-0.05, 0) is 62.6 Å². The molecule has 164 valence electrons. The monoisotopic (exact) mass is 446 g/mol. The largest absolute Gasteiger partial charge is 0.331 e. The minimum Gasteiger partial charge on any atom is -0.331 e. The summed E-state index contributed by atoms with van der Waals surface area (Å²) in [5.41, 5.74) is 5.26. The first-order chi connectivity index (χ1) is 15.4. The van der Waals surface area contributed by atoms with Crippen molar-refractivity contribution in [2.45, 2.75) is 39.4 Å². The number of benzene rings is 2. The number of hydrogen-bond acceptors (Lipinski definition) is 5. The standard InChI is InChI=1S/C24H26N6OS/c1-16-5-6-17(2)22(13-16)30-19(4)27-28-24(30)32-15-23(31)26-21-9-7-20(8-10-21)14-29-12-11-25-18(29)3/h5-13H,14-15H2,1-4H3,(H,26,31). The van der Waals surface area contributed by atoms with Crippen molar-refractivity contribution in [2.75, 3.05) is 11.1 Å². The number of nitrogens with one attached hydrogen (secondary N) is 1. The molecule has 1 amide bonds. The van der Waals surface area contributed by atoms with Crippen LogP contribution in [0, 0.1) is 27.7 Å². The number of aromatic nitrogens is 5. The number of nitrogens with zero attached hydrogens (tertiary/aromatic N) is 5. The quantitative estimate of drug-likeness (QED) is 0.424. The van der Waals surface area contributed by atoms with E-state index in [2.05, 4.69) is 57.1 Å². The van der Waals surface area contributed by atoms with E-state index in [-0.39, 0.29) is 11.7 Å². The lowest BCUT2D eigenvalue weighted by molar-refractivity contribution is -0.113. The second-order valence-electron chi connectivity index (χ2n) is 7.79. The van der Waals surface area contributed by atoms with E-state index in [9.17, 15) is 4.79 Å². The summed E-state index contributed by atoms with van der Waals surface area (Å²) >= 11 is 1.38. The molecule has 0 atom stereocenters. The van der Waals surface area contributed by atoms with Crippen LogP contribution in [0.2, 0.25) is 0 Å². The molecule has 4 aromatic rings. The molecule has 2 aromatic carbocycles. The van der Waals surface area contributed by atoms with Gasteiger partial charge in [0.05, 0.1) is 11.4 Å². The predicted molar refractivity (Wildman–Crippen MR) is 127 cm³/mol. The van der Waals surface area contributed by atoms with Gasteiger partial charge in [0.1, 0.15) is 11.6 Å². The van der Waals surface area contributed by atoms with Crippen molar-refractivity contribution in [1.29, 1.82) is 0 Å². The zero-order valence-corrected chi connectivity index (χ0v) is 19.5. The summed E-state index contributed by atoms with van der Waals surface area (Å²) in [5, 5.41) is 12.2. The van der Waals surface area contributed by atoms with E-state index in [1.807, 2.05) is 48.9 Å². The van der Waals surface area contributed by atoms with E-state index in [0.717, 1.165) is 40.7 Å². The van der Waals surface area contributed by atoms with Crippen molar-refractivity contribution in [3.8, 4) is 5.69 Å². The first-order valence-corrected chi connectivity index (χ1v) is 11.4. The molecular weight excluding hydrogens is 420 g/mol. The summed E-state index contributed by atoms with van der Waals surface area (Å²) in [7, 11) is 0. The molecule has 0 unspecified atom stereocenters. The van der Waals surface area contributed by atoms with Gasteiger partial charge in [0.15, 0.2) is 5.16 Å². The van der Waals surface area contributed by atoms with E-state index in [0.29, 0.717) is 5.16 Å². The average molecular weight is 447 g/mol. The highest BCUT2D eigenvalue weighted by Gasteiger charge is 2.15. The second-order valence-corrected chi connectivity index (χ2v) is 8.73. The Labute approximate surface area is 191 Å². The zero-order valence-electron chi connectivity index (χ0n) is 18.7. The van der Waals surface area contributed by atoms with Crippen LogP contribution in [-0.4, -0.2) is 36.0 Å². The molecule has 0 spiro atoms. The Morgan fingerprint density at radius 1 is 1.00 bits per heavy atom. The SMILES string of the molecule is Cc1ccc(C)c(-n2c(C)nnc2SCC(=O)Nc2ccc(Cn3ccnc3C)cc2)c1. The molecular formula is C24H26N6OS. The van der Waals surface area contributed by atoms with Gasteiger partial charge in [-0.3, -0.25) is 9.36 Å². The summed E-state index contributed by atoms with van der Waals surface area (Å²) in [4.78, 5) is 16.8. The summed E-state index contributed by atoms with van der Waals surface area (Å²) in [6, 6.07) is 14.2. The lowest BCUT2D eigenvalue weighted by atomic mass is 10.1. The van der Waals surface area contributed by atoms with Crippen LogP contribution >= 0.6 is 11.8 Å². The van der Waals surface area contributed by atoms with Gasteiger partial charge in [-0.25, -0.2) is 4.98 Å². The fraction of sp³-hybridized carbons (Fsp3) is 0.250. The van der Waals surface area contributed by atoms with E-state index < -0.39 is 0 Å². The third kappa shape index (κ3) is 4.91. The Balaban J connectivity index is 1.39. The fourth-order valence-corrected chi connectivity index (χ4v) is 4.25. The molecule has 0 aliphatic rings. The highest BCUT2D eigenvalue weighted by Crippen LogP contribution is 2.25. The van der Waals surface area contributed by atoms with Crippen LogP contribution in [0.1, 0.15) is 28.3 Å². The van der Waals surface area contributed by atoms with Crippen LogP contribution in [0.15, 0.2) is 60.0 Å². The van der Waals surface area contributed by atoms with Crippen LogP contribution in [0.5, 0.6) is 0 Å². The van der Waals surface area contributed by atoms with E-state index in [1.54, 1.807) is 6.20 Å². The molecule has 2 heterocycles. The Morgan fingerprint density at radius 3 is 2.50 bits per heavy atom. The lowest BCUT2D eigenvalue weighted by Gasteiger charge is -2.12. The number of aryl methyl sites for hydroxylation is 4. The fourth-order valence-electron chi connectivity index (χ4n) is 3.46. The zero-order chi connectivity index (χ0) is 22.7. The van der Waals surface area contributed by atoms with Crippen molar-refractivity contribution in [3.05, 3.63) is 83.2 Å². The molecule has 7 nitrogen and oxygen atoms in total. The van der Waals surface area contributed by atoms with Gasteiger partial charge in [-0.15, -0.1) is 10.2 Å². The predicted octanol–water partition coefficient (Wildman–Crippen LogP) is 4.48. The van der Waals surface area contributed by atoms with Crippen molar-refractivity contribution >= 4 is 23.4 Å². The first-order valence-electron chi connectivity index (χ1n) is 10.4.